The standard InChI is InChI=1S/C10H13N5O/c1-14(7-9-11-5-6-12-9)10(16)8-3-4-13-15(8)2/h3-6H,7H2,1-2H3,(H,11,12). The number of hydrogen-bond donors (Lipinski definition) is 1. The molecule has 16 heavy (non-hydrogen) atoms. The molecule has 2 aromatic heterocycles. The number of imidazole rings is 1. The molecule has 6 heteroatoms. The second-order valence-corrected chi connectivity index (χ2v) is 3.54. The molecule has 0 aromatic carbocycles. The summed E-state index contributed by atoms with van der Waals surface area (Å²) in [6, 6.07) is 1.70. The lowest BCUT2D eigenvalue weighted by atomic mass is 10.3. The molecule has 0 aliphatic carbocycles. The van der Waals surface area contributed by atoms with E-state index < -0.39 is 0 Å². The molecule has 0 aliphatic heterocycles. The fourth-order valence-corrected chi connectivity index (χ4v) is 1.46. The van der Waals surface area contributed by atoms with Crippen molar-refractivity contribution in [3.63, 3.8) is 0 Å². The van der Waals surface area contributed by atoms with Crippen LogP contribution in [-0.4, -0.2) is 37.6 Å². The minimum Gasteiger partial charge on any atom is -0.347 e. The zero-order valence-corrected chi connectivity index (χ0v) is 9.21. The molecule has 2 aromatic rings. The van der Waals surface area contributed by atoms with E-state index in [4.69, 9.17) is 0 Å². The first-order chi connectivity index (χ1) is 7.68. The highest BCUT2D eigenvalue weighted by molar-refractivity contribution is 5.92. The highest BCUT2D eigenvalue weighted by atomic mass is 16.2. The van der Waals surface area contributed by atoms with E-state index in [0.29, 0.717) is 12.2 Å². The van der Waals surface area contributed by atoms with Gasteiger partial charge in [0, 0.05) is 32.7 Å². The summed E-state index contributed by atoms with van der Waals surface area (Å²) in [5.74, 6) is 0.689. The average Bonchev–Trinajstić information content (AvgIpc) is 2.88. The molecule has 0 saturated heterocycles. The summed E-state index contributed by atoms with van der Waals surface area (Å²) in [4.78, 5) is 20.6. The lowest BCUT2D eigenvalue weighted by Gasteiger charge is -2.15. The Bertz CT molecular complexity index is 473. The molecule has 1 N–H and O–H groups in total. The Kier molecular flexibility index (Phi) is 2.72. The van der Waals surface area contributed by atoms with Gasteiger partial charge in [-0.2, -0.15) is 5.10 Å². The van der Waals surface area contributed by atoms with Crippen molar-refractivity contribution < 1.29 is 4.79 Å². The Morgan fingerprint density at radius 1 is 1.56 bits per heavy atom. The lowest BCUT2D eigenvalue weighted by molar-refractivity contribution is 0.0771. The predicted octanol–water partition coefficient (Wildman–Crippen LogP) is 0.415. The fourth-order valence-electron chi connectivity index (χ4n) is 1.46. The number of aromatic nitrogens is 4. The number of rotatable bonds is 3. The first-order valence-electron chi connectivity index (χ1n) is 4.90. The van der Waals surface area contributed by atoms with Gasteiger partial charge in [0.1, 0.15) is 11.5 Å². The highest BCUT2D eigenvalue weighted by Crippen LogP contribution is 2.04. The van der Waals surface area contributed by atoms with E-state index in [1.54, 1.807) is 48.3 Å². The summed E-state index contributed by atoms with van der Waals surface area (Å²) in [6.45, 7) is 0.455. The maximum absolute atomic E-state index is 12.0. The fraction of sp³-hybridized carbons (Fsp3) is 0.300. The number of nitrogens with zero attached hydrogens (tertiary/aromatic N) is 4. The van der Waals surface area contributed by atoms with Crippen molar-refractivity contribution in [3.05, 3.63) is 36.2 Å². The van der Waals surface area contributed by atoms with Crippen LogP contribution in [0.2, 0.25) is 0 Å². The SMILES string of the molecule is CN(Cc1ncc[nH]1)C(=O)c1ccnn1C. The maximum Gasteiger partial charge on any atom is 0.272 e. The summed E-state index contributed by atoms with van der Waals surface area (Å²) >= 11 is 0. The number of nitrogens with one attached hydrogen (secondary N) is 1. The number of carbonyl (C=O) groups excluding carboxylic acids is 1. The third kappa shape index (κ3) is 1.95. The number of aromatic amines is 1. The van der Waals surface area contributed by atoms with E-state index in [0.717, 1.165) is 5.82 Å². The van der Waals surface area contributed by atoms with Gasteiger partial charge in [-0.15, -0.1) is 0 Å². The average molecular weight is 219 g/mol. The third-order valence-corrected chi connectivity index (χ3v) is 2.33. The molecule has 84 valence electrons. The highest BCUT2D eigenvalue weighted by Gasteiger charge is 2.15. The molecule has 0 radical (unpaired) electrons. The molecule has 6 nitrogen and oxygen atoms in total. The number of H-pyrrole nitrogens is 1. The van der Waals surface area contributed by atoms with Gasteiger partial charge in [-0.3, -0.25) is 9.48 Å². The van der Waals surface area contributed by atoms with Crippen molar-refractivity contribution in [2.45, 2.75) is 6.54 Å². The molecule has 0 fully saturated rings. The van der Waals surface area contributed by atoms with Crippen molar-refractivity contribution in [2.24, 2.45) is 7.05 Å². The Balaban J connectivity index is 2.08. The van der Waals surface area contributed by atoms with Crippen LogP contribution in [0.4, 0.5) is 0 Å². The quantitative estimate of drug-likeness (QED) is 0.813. The van der Waals surface area contributed by atoms with Gasteiger partial charge in [0.15, 0.2) is 0 Å². The van der Waals surface area contributed by atoms with Gasteiger partial charge in [-0.25, -0.2) is 4.98 Å². The third-order valence-electron chi connectivity index (χ3n) is 2.33. The van der Waals surface area contributed by atoms with E-state index in [1.807, 2.05) is 0 Å². The van der Waals surface area contributed by atoms with Crippen LogP contribution in [0.15, 0.2) is 24.7 Å². The van der Waals surface area contributed by atoms with Crippen LogP contribution in [0.25, 0.3) is 0 Å². The van der Waals surface area contributed by atoms with Crippen LogP contribution >= 0.6 is 0 Å². The molecular weight excluding hydrogens is 206 g/mol. The topological polar surface area (TPSA) is 66.8 Å². The number of carbonyl (C=O) groups is 1. The summed E-state index contributed by atoms with van der Waals surface area (Å²) in [7, 11) is 3.48. The maximum atomic E-state index is 12.0. The van der Waals surface area contributed by atoms with E-state index in [-0.39, 0.29) is 5.91 Å². The molecule has 0 bridgehead atoms. The van der Waals surface area contributed by atoms with Crippen LogP contribution in [0.1, 0.15) is 16.3 Å². The van der Waals surface area contributed by atoms with Crippen molar-refractivity contribution >= 4 is 5.91 Å². The Morgan fingerprint density at radius 3 is 2.94 bits per heavy atom. The second-order valence-electron chi connectivity index (χ2n) is 3.54. The monoisotopic (exact) mass is 219 g/mol. The van der Waals surface area contributed by atoms with E-state index >= 15 is 0 Å². The van der Waals surface area contributed by atoms with Crippen LogP contribution in [-0.2, 0) is 13.6 Å². The normalized spacial score (nSPS) is 10.4. The van der Waals surface area contributed by atoms with Crippen molar-refractivity contribution in [1.29, 1.82) is 0 Å². The molecule has 0 spiro atoms. The summed E-state index contributed by atoms with van der Waals surface area (Å²) in [5.41, 5.74) is 0.564. The first kappa shape index (κ1) is 10.4. The van der Waals surface area contributed by atoms with Crippen LogP contribution in [0, 0.1) is 0 Å². The largest absolute Gasteiger partial charge is 0.347 e. The molecule has 0 atom stereocenters. The van der Waals surface area contributed by atoms with E-state index in [1.165, 1.54) is 0 Å². The van der Waals surface area contributed by atoms with Gasteiger partial charge in [-0.05, 0) is 6.07 Å². The van der Waals surface area contributed by atoms with Gasteiger partial charge >= 0.3 is 0 Å². The summed E-state index contributed by atoms with van der Waals surface area (Å²) in [6.07, 6.45) is 5.00. The van der Waals surface area contributed by atoms with Crippen LogP contribution < -0.4 is 0 Å². The van der Waals surface area contributed by atoms with Crippen molar-refractivity contribution in [2.75, 3.05) is 7.05 Å². The van der Waals surface area contributed by atoms with Gasteiger partial charge in [0.05, 0.1) is 6.54 Å². The summed E-state index contributed by atoms with van der Waals surface area (Å²) in [5, 5.41) is 3.96. The second kappa shape index (κ2) is 4.18. The number of amides is 1. The molecule has 0 saturated carbocycles. The van der Waals surface area contributed by atoms with Gasteiger partial charge in [0.25, 0.3) is 5.91 Å². The Labute approximate surface area is 92.9 Å². The molecule has 2 rings (SSSR count). The zero-order chi connectivity index (χ0) is 11.5. The number of hydrogen-bond acceptors (Lipinski definition) is 3. The minimum absolute atomic E-state index is 0.0728. The predicted molar refractivity (Wildman–Crippen MR) is 57.6 cm³/mol. The van der Waals surface area contributed by atoms with E-state index in [9.17, 15) is 4.79 Å². The smallest absolute Gasteiger partial charge is 0.272 e. The minimum atomic E-state index is -0.0728. The van der Waals surface area contributed by atoms with Gasteiger partial charge in [0.2, 0.25) is 0 Å². The number of aryl methyl sites for hydroxylation is 1. The van der Waals surface area contributed by atoms with Crippen LogP contribution in [0.3, 0.4) is 0 Å². The Morgan fingerprint density at radius 2 is 2.38 bits per heavy atom. The lowest BCUT2D eigenvalue weighted by Crippen LogP contribution is -2.28. The molecule has 0 aliphatic rings. The molecule has 1 amide bonds. The van der Waals surface area contributed by atoms with Crippen molar-refractivity contribution in [3.8, 4) is 0 Å². The van der Waals surface area contributed by atoms with Crippen LogP contribution in [0.5, 0.6) is 0 Å². The summed E-state index contributed by atoms with van der Waals surface area (Å²) < 4.78 is 1.56. The first-order valence-corrected chi connectivity index (χ1v) is 4.90. The van der Waals surface area contributed by atoms with Crippen molar-refractivity contribution in [1.82, 2.24) is 24.6 Å². The van der Waals surface area contributed by atoms with E-state index in [2.05, 4.69) is 15.1 Å². The molecule has 2 heterocycles. The van der Waals surface area contributed by atoms with Gasteiger partial charge < -0.3 is 9.88 Å². The van der Waals surface area contributed by atoms with Gasteiger partial charge in [-0.1, -0.05) is 0 Å². The Hall–Kier alpha value is -2.11. The molecule has 0 unspecified atom stereocenters. The molecular formula is C10H13N5O. The zero-order valence-electron chi connectivity index (χ0n) is 9.21.